The number of esters is 1. The summed E-state index contributed by atoms with van der Waals surface area (Å²) in [7, 11) is 0. The highest BCUT2D eigenvalue weighted by Crippen LogP contribution is 2.23. The fourth-order valence-electron chi connectivity index (χ4n) is 3.38. The van der Waals surface area contributed by atoms with Gasteiger partial charge in [-0.1, -0.05) is 24.6 Å². The lowest BCUT2D eigenvalue weighted by Crippen LogP contribution is -2.39. The Hall–Kier alpha value is -1.84. The Morgan fingerprint density at radius 1 is 1.09 bits per heavy atom. The standard InChI is InChI=1S/C19H27NO3/c1-12-5-7-16(8-6-12)20-17(21)11-23-19(22)18-14(3)9-13(2)10-15(18)4/h9-10,12,16H,5-8,11H2,1-4H3,(H,20,21). The van der Waals surface area contributed by atoms with Crippen LogP contribution in [-0.2, 0) is 9.53 Å². The third kappa shape index (κ3) is 4.81. The van der Waals surface area contributed by atoms with Gasteiger partial charge in [0.15, 0.2) is 6.61 Å². The summed E-state index contributed by atoms with van der Waals surface area (Å²) in [5.74, 6) is 0.112. The number of benzene rings is 1. The van der Waals surface area contributed by atoms with Crippen LogP contribution in [0.1, 0.15) is 59.7 Å². The second kappa shape index (κ2) is 7.62. The number of nitrogens with one attached hydrogen (secondary N) is 1. The summed E-state index contributed by atoms with van der Waals surface area (Å²) in [5.41, 5.74) is 3.44. The summed E-state index contributed by atoms with van der Waals surface area (Å²) in [6.45, 7) is 7.80. The molecule has 1 aliphatic rings. The number of hydrogen-bond donors (Lipinski definition) is 1. The van der Waals surface area contributed by atoms with Crippen molar-refractivity contribution in [2.45, 2.75) is 59.4 Å². The lowest BCUT2D eigenvalue weighted by molar-refractivity contribution is -0.125. The minimum Gasteiger partial charge on any atom is -0.452 e. The van der Waals surface area contributed by atoms with E-state index in [0.29, 0.717) is 5.56 Å². The van der Waals surface area contributed by atoms with Crippen molar-refractivity contribution in [3.63, 3.8) is 0 Å². The van der Waals surface area contributed by atoms with E-state index in [4.69, 9.17) is 4.74 Å². The average molecular weight is 317 g/mol. The van der Waals surface area contributed by atoms with Crippen LogP contribution in [0.25, 0.3) is 0 Å². The summed E-state index contributed by atoms with van der Waals surface area (Å²) in [6, 6.07) is 4.12. The van der Waals surface area contributed by atoms with E-state index in [2.05, 4.69) is 12.2 Å². The maximum atomic E-state index is 12.2. The SMILES string of the molecule is Cc1cc(C)c(C(=O)OCC(=O)NC2CCC(C)CC2)c(C)c1. The molecule has 0 atom stereocenters. The monoisotopic (exact) mass is 317 g/mol. The predicted molar refractivity (Wildman–Crippen MR) is 90.5 cm³/mol. The van der Waals surface area contributed by atoms with Crippen LogP contribution in [-0.4, -0.2) is 24.5 Å². The molecule has 126 valence electrons. The summed E-state index contributed by atoms with van der Waals surface area (Å²) < 4.78 is 5.20. The summed E-state index contributed by atoms with van der Waals surface area (Å²) in [6.07, 6.45) is 4.31. The zero-order chi connectivity index (χ0) is 17.0. The highest BCUT2D eigenvalue weighted by molar-refractivity contribution is 5.94. The van der Waals surface area contributed by atoms with E-state index in [1.807, 2.05) is 32.9 Å². The van der Waals surface area contributed by atoms with Crippen molar-refractivity contribution in [2.24, 2.45) is 5.92 Å². The molecular formula is C19H27NO3. The molecule has 1 N–H and O–H groups in total. The molecule has 1 saturated carbocycles. The van der Waals surface area contributed by atoms with Crippen molar-refractivity contribution in [1.82, 2.24) is 5.32 Å². The number of ether oxygens (including phenoxy) is 1. The fraction of sp³-hybridized carbons (Fsp3) is 0.579. The Morgan fingerprint density at radius 2 is 1.65 bits per heavy atom. The largest absolute Gasteiger partial charge is 0.452 e. The van der Waals surface area contributed by atoms with Gasteiger partial charge in [0.1, 0.15) is 0 Å². The molecule has 0 aliphatic heterocycles. The third-order valence-corrected chi connectivity index (χ3v) is 4.60. The molecule has 0 bridgehead atoms. The van der Waals surface area contributed by atoms with E-state index in [-0.39, 0.29) is 18.6 Å². The normalized spacial score (nSPS) is 20.9. The molecule has 0 radical (unpaired) electrons. The van der Waals surface area contributed by atoms with Gasteiger partial charge in [0.05, 0.1) is 5.56 Å². The van der Waals surface area contributed by atoms with E-state index in [1.54, 1.807) is 0 Å². The first kappa shape index (κ1) is 17.5. The zero-order valence-electron chi connectivity index (χ0n) is 14.6. The summed E-state index contributed by atoms with van der Waals surface area (Å²) in [5, 5.41) is 2.97. The Bertz CT molecular complexity index is 563. The first-order valence-corrected chi connectivity index (χ1v) is 8.41. The Balaban J connectivity index is 1.86. The average Bonchev–Trinajstić information content (AvgIpc) is 2.46. The topological polar surface area (TPSA) is 55.4 Å². The molecule has 1 fully saturated rings. The number of carbonyl (C=O) groups is 2. The van der Waals surface area contributed by atoms with Crippen LogP contribution < -0.4 is 5.32 Å². The minimum absolute atomic E-state index is 0.208. The number of hydrogen-bond acceptors (Lipinski definition) is 3. The summed E-state index contributed by atoms with van der Waals surface area (Å²) in [4.78, 5) is 24.2. The van der Waals surface area contributed by atoms with Crippen LogP contribution in [0.5, 0.6) is 0 Å². The molecule has 0 spiro atoms. The molecule has 0 heterocycles. The van der Waals surface area contributed by atoms with E-state index < -0.39 is 5.97 Å². The van der Waals surface area contributed by atoms with E-state index in [9.17, 15) is 9.59 Å². The van der Waals surface area contributed by atoms with Gasteiger partial charge in [0.2, 0.25) is 0 Å². The molecule has 4 nitrogen and oxygen atoms in total. The van der Waals surface area contributed by atoms with Gasteiger partial charge in [-0.2, -0.15) is 0 Å². The third-order valence-electron chi connectivity index (χ3n) is 4.60. The Morgan fingerprint density at radius 3 is 2.22 bits per heavy atom. The van der Waals surface area contributed by atoms with Crippen LogP contribution in [0.4, 0.5) is 0 Å². The van der Waals surface area contributed by atoms with E-state index in [1.165, 1.54) is 0 Å². The Kier molecular flexibility index (Phi) is 5.80. The second-order valence-electron chi connectivity index (χ2n) is 6.87. The fourth-order valence-corrected chi connectivity index (χ4v) is 3.38. The molecule has 23 heavy (non-hydrogen) atoms. The van der Waals surface area contributed by atoms with Crippen LogP contribution in [0.15, 0.2) is 12.1 Å². The van der Waals surface area contributed by atoms with E-state index >= 15 is 0 Å². The van der Waals surface area contributed by atoms with Gasteiger partial charge >= 0.3 is 5.97 Å². The molecule has 2 rings (SSSR count). The molecule has 0 saturated heterocycles. The van der Waals surface area contributed by atoms with Crippen molar-refractivity contribution in [1.29, 1.82) is 0 Å². The lowest BCUT2D eigenvalue weighted by Gasteiger charge is -2.26. The quantitative estimate of drug-likeness (QED) is 0.865. The Labute approximate surface area is 138 Å². The van der Waals surface area contributed by atoms with Crippen LogP contribution in [0, 0.1) is 26.7 Å². The molecule has 1 aromatic carbocycles. The van der Waals surface area contributed by atoms with Crippen LogP contribution in [0.3, 0.4) is 0 Å². The van der Waals surface area contributed by atoms with Gasteiger partial charge in [-0.3, -0.25) is 4.79 Å². The highest BCUT2D eigenvalue weighted by Gasteiger charge is 2.21. The summed E-state index contributed by atoms with van der Waals surface area (Å²) >= 11 is 0. The van der Waals surface area contributed by atoms with Gasteiger partial charge in [-0.15, -0.1) is 0 Å². The van der Waals surface area contributed by atoms with Crippen molar-refractivity contribution < 1.29 is 14.3 Å². The molecule has 0 aromatic heterocycles. The first-order chi connectivity index (χ1) is 10.9. The van der Waals surface area contributed by atoms with Crippen molar-refractivity contribution in [2.75, 3.05) is 6.61 Å². The smallest absolute Gasteiger partial charge is 0.339 e. The van der Waals surface area contributed by atoms with Crippen molar-refractivity contribution in [3.8, 4) is 0 Å². The maximum absolute atomic E-state index is 12.2. The van der Waals surface area contributed by atoms with Crippen LogP contribution in [0.2, 0.25) is 0 Å². The molecule has 1 aliphatic carbocycles. The zero-order valence-corrected chi connectivity index (χ0v) is 14.6. The number of rotatable bonds is 4. The van der Waals surface area contributed by atoms with Gasteiger partial charge < -0.3 is 10.1 Å². The molecule has 1 aromatic rings. The highest BCUT2D eigenvalue weighted by atomic mass is 16.5. The lowest BCUT2D eigenvalue weighted by atomic mass is 9.87. The first-order valence-electron chi connectivity index (χ1n) is 8.41. The second-order valence-corrected chi connectivity index (χ2v) is 6.87. The maximum Gasteiger partial charge on any atom is 0.339 e. The number of amides is 1. The van der Waals surface area contributed by atoms with Crippen molar-refractivity contribution >= 4 is 11.9 Å². The van der Waals surface area contributed by atoms with Gasteiger partial charge in [-0.05, 0) is 63.5 Å². The predicted octanol–water partition coefficient (Wildman–Crippen LogP) is 3.46. The van der Waals surface area contributed by atoms with Crippen LogP contribution >= 0.6 is 0 Å². The number of carbonyl (C=O) groups excluding carboxylic acids is 2. The molecular weight excluding hydrogens is 290 g/mol. The van der Waals surface area contributed by atoms with Crippen molar-refractivity contribution in [3.05, 3.63) is 34.4 Å². The number of aryl methyl sites for hydroxylation is 3. The van der Waals surface area contributed by atoms with Gasteiger partial charge in [0, 0.05) is 6.04 Å². The molecule has 0 unspecified atom stereocenters. The van der Waals surface area contributed by atoms with E-state index in [0.717, 1.165) is 48.3 Å². The minimum atomic E-state index is -0.424. The molecule has 4 heteroatoms. The van der Waals surface area contributed by atoms with Gasteiger partial charge in [0.25, 0.3) is 5.91 Å². The van der Waals surface area contributed by atoms with Gasteiger partial charge in [-0.25, -0.2) is 4.79 Å². The molecule has 1 amide bonds.